The predicted molar refractivity (Wildman–Crippen MR) is 114 cm³/mol. The Morgan fingerprint density at radius 2 is 1.54 bits per heavy atom. The van der Waals surface area contributed by atoms with Crippen LogP contribution in [0.25, 0.3) is 44.6 Å². The molecular weight excluding hydrogens is 344 g/mol. The topological polar surface area (TPSA) is 38.9 Å². The largest absolute Gasteiger partial charge is 0.437 e. The maximum absolute atomic E-state index is 6.27. The van der Waals surface area contributed by atoms with Gasteiger partial charge in [-0.15, -0.1) is 0 Å². The number of rotatable bonds is 2. The first kappa shape index (κ1) is 16.7. The van der Waals surface area contributed by atoms with E-state index in [9.17, 15) is 0 Å². The predicted octanol–water partition coefficient (Wildman–Crippen LogP) is 6.64. The second-order valence-electron chi connectivity index (χ2n) is 7.32. The van der Waals surface area contributed by atoms with E-state index in [0.29, 0.717) is 5.71 Å². The molecule has 136 valence electrons. The van der Waals surface area contributed by atoms with Crippen molar-refractivity contribution in [1.82, 2.24) is 9.97 Å². The summed E-state index contributed by atoms with van der Waals surface area (Å²) in [6.45, 7) is 6.31. The van der Waals surface area contributed by atoms with Crippen LogP contribution in [-0.4, -0.2) is 9.97 Å². The first-order chi connectivity index (χ1) is 13.6. The summed E-state index contributed by atoms with van der Waals surface area (Å²) in [6, 6.07) is 20.8. The number of aromatic nitrogens is 2. The Bertz CT molecular complexity index is 1330. The second-order valence-corrected chi connectivity index (χ2v) is 7.32. The third-order valence-electron chi connectivity index (χ3n) is 5.29. The quantitative estimate of drug-likeness (QED) is 0.353. The van der Waals surface area contributed by atoms with Gasteiger partial charge in [0.1, 0.15) is 5.58 Å². The number of fused-ring (bicyclic) bond motifs is 3. The van der Waals surface area contributed by atoms with E-state index in [-0.39, 0.29) is 0 Å². The Labute approximate surface area is 163 Å². The van der Waals surface area contributed by atoms with Crippen molar-refractivity contribution in [1.29, 1.82) is 0 Å². The minimum absolute atomic E-state index is 0.662. The summed E-state index contributed by atoms with van der Waals surface area (Å²) in [5.74, 6) is 0. The first-order valence-corrected chi connectivity index (χ1v) is 9.44. The van der Waals surface area contributed by atoms with E-state index in [2.05, 4.69) is 80.4 Å². The lowest BCUT2D eigenvalue weighted by Crippen LogP contribution is -1.90. The van der Waals surface area contributed by atoms with Gasteiger partial charge in [-0.25, -0.2) is 4.98 Å². The average molecular weight is 364 g/mol. The molecule has 0 bridgehead atoms. The zero-order valence-corrected chi connectivity index (χ0v) is 16.2. The molecular formula is C25H20N2O. The first-order valence-electron chi connectivity index (χ1n) is 9.44. The van der Waals surface area contributed by atoms with Gasteiger partial charge in [-0.2, -0.15) is 0 Å². The van der Waals surface area contributed by atoms with Gasteiger partial charge in [0, 0.05) is 28.1 Å². The molecule has 0 aliphatic carbocycles. The van der Waals surface area contributed by atoms with Gasteiger partial charge in [0.05, 0.1) is 11.4 Å². The van der Waals surface area contributed by atoms with Crippen molar-refractivity contribution in [3.05, 3.63) is 83.6 Å². The SMILES string of the molecule is Cc1ccnc(-c2cccc3c2oc2nc(-c4c(C)cccc4C)ccc23)c1. The van der Waals surface area contributed by atoms with Crippen LogP contribution in [-0.2, 0) is 0 Å². The molecule has 5 aromatic rings. The Morgan fingerprint density at radius 3 is 2.32 bits per heavy atom. The summed E-state index contributed by atoms with van der Waals surface area (Å²) >= 11 is 0. The van der Waals surface area contributed by atoms with E-state index >= 15 is 0 Å². The molecule has 0 unspecified atom stereocenters. The summed E-state index contributed by atoms with van der Waals surface area (Å²) < 4.78 is 6.27. The third kappa shape index (κ3) is 2.59. The molecule has 0 saturated carbocycles. The number of pyridine rings is 2. The fourth-order valence-corrected chi connectivity index (χ4v) is 3.92. The molecule has 28 heavy (non-hydrogen) atoms. The molecule has 0 aliphatic heterocycles. The van der Waals surface area contributed by atoms with Crippen LogP contribution in [0.15, 0.2) is 71.3 Å². The van der Waals surface area contributed by atoms with Crippen LogP contribution in [0.3, 0.4) is 0 Å². The molecule has 0 radical (unpaired) electrons. The molecule has 0 aliphatic rings. The van der Waals surface area contributed by atoms with Gasteiger partial charge in [-0.1, -0.05) is 30.3 Å². The van der Waals surface area contributed by atoms with Gasteiger partial charge >= 0.3 is 0 Å². The van der Waals surface area contributed by atoms with Crippen molar-refractivity contribution >= 4 is 22.1 Å². The lowest BCUT2D eigenvalue weighted by Gasteiger charge is -2.08. The molecule has 0 amide bonds. The Kier molecular flexibility index (Phi) is 3.76. The number of aryl methyl sites for hydroxylation is 3. The number of hydrogen-bond donors (Lipinski definition) is 0. The van der Waals surface area contributed by atoms with Crippen molar-refractivity contribution in [2.24, 2.45) is 0 Å². The normalized spacial score (nSPS) is 11.4. The van der Waals surface area contributed by atoms with Crippen molar-refractivity contribution in [2.45, 2.75) is 20.8 Å². The fraction of sp³-hybridized carbons (Fsp3) is 0.120. The van der Waals surface area contributed by atoms with Crippen LogP contribution in [0.1, 0.15) is 16.7 Å². The molecule has 3 heteroatoms. The van der Waals surface area contributed by atoms with Gasteiger partial charge < -0.3 is 4.42 Å². The smallest absolute Gasteiger partial charge is 0.227 e. The Balaban J connectivity index is 1.76. The van der Waals surface area contributed by atoms with Crippen molar-refractivity contribution in [3.63, 3.8) is 0 Å². The van der Waals surface area contributed by atoms with Crippen LogP contribution in [0, 0.1) is 20.8 Å². The van der Waals surface area contributed by atoms with Crippen LogP contribution < -0.4 is 0 Å². The zero-order valence-electron chi connectivity index (χ0n) is 16.2. The van der Waals surface area contributed by atoms with E-state index in [1.54, 1.807) is 0 Å². The second kappa shape index (κ2) is 6.31. The summed E-state index contributed by atoms with van der Waals surface area (Å²) in [5.41, 5.74) is 9.13. The molecule has 3 nitrogen and oxygen atoms in total. The van der Waals surface area contributed by atoms with Crippen LogP contribution in [0.4, 0.5) is 0 Å². The number of furan rings is 1. The molecule has 0 fully saturated rings. The molecule has 0 saturated heterocycles. The number of benzene rings is 2. The average Bonchev–Trinajstić information content (AvgIpc) is 3.06. The minimum atomic E-state index is 0.662. The fourth-order valence-electron chi connectivity index (χ4n) is 3.92. The summed E-state index contributed by atoms with van der Waals surface area (Å²) in [4.78, 5) is 9.41. The van der Waals surface area contributed by atoms with E-state index < -0.39 is 0 Å². The van der Waals surface area contributed by atoms with Crippen LogP contribution in [0.2, 0.25) is 0 Å². The van der Waals surface area contributed by atoms with Crippen LogP contribution in [0.5, 0.6) is 0 Å². The maximum Gasteiger partial charge on any atom is 0.227 e. The van der Waals surface area contributed by atoms with E-state index in [4.69, 9.17) is 9.40 Å². The highest BCUT2D eigenvalue weighted by Crippen LogP contribution is 2.36. The Hall–Kier alpha value is -3.46. The molecule has 5 rings (SSSR count). The highest BCUT2D eigenvalue weighted by atomic mass is 16.3. The van der Waals surface area contributed by atoms with Crippen LogP contribution >= 0.6 is 0 Å². The highest BCUT2D eigenvalue weighted by molar-refractivity contribution is 6.08. The zero-order chi connectivity index (χ0) is 19.3. The highest BCUT2D eigenvalue weighted by Gasteiger charge is 2.15. The number of para-hydroxylation sites is 1. The molecule has 3 heterocycles. The maximum atomic E-state index is 6.27. The van der Waals surface area contributed by atoms with Crippen molar-refractivity contribution < 1.29 is 4.42 Å². The lowest BCUT2D eigenvalue weighted by atomic mass is 9.99. The summed E-state index contributed by atoms with van der Waals surface area (Å²) in [7, 11) is 0. The van der Waals surface area contributed by atoms with E-state index in [1.807, 2.05) is 12.3 Å². The standard InChI is InChI=1S/C25H20N2O/c1-15-12-13-26-22(14-15)20-9-5-8-18-19-10-11-21(27-25(19)28-24(18)20)23-16(2)6-4-7-17(23)3/h4-14H,1-3H3. The van der Waals surface area contributed by atoms with Crippen molar-refractivity contribution in [3.8, 4) is 22.5 Å². The van der Waals surface area contributed by atoms with E-state index in [0.717, 1.165) is 33.3 Å². The van der Waals surface area contributed by atoms with Gasteiger partial charge in [0.2, 0.25) is 5.71 Å². The minimum Gasteiger partial charge on any atom is -0.437 e. The number of nitrogens with zero attached hydrogens (tertiary/aromatic N) is 2. The van der Waals surface area contributed by atoms with E-state index in [1.165, 1.54) is 22.3 Å². The monoisotopic (exact) mass is 364 g/mol. The molecule has 0 spiro atoms. The molecule has 2 aromatic carbocycles. The van der Waals surface area contributed by atoms with Gasteiger partial charge in [-0.05, 0) is 67.8 Å². The summed E-state index contributed by atoms with van der Waals surface area (Å²) in [5, 5.41) is 2.09. The molecule has 3 aromatic heterocycles. The van der Waals surface area contributed by atoms with Crippen molar-refractivity contribution in [2.75, 3.05) is 0 Å². The summed E-state index contributed by atoms with van der Waals surface area (Å²) in [6.07, 6.45) is 1.84. The van der Waals surface area contributed by atoms with Gasteiger partial charge in [0.25, 0.3) is 0 Å². The van der Waals surface area contributed by atoms with Gasteiger partial charge in [-0.3, -0.25) is 4.98 Å². The lowest BCUT2D eigenvalue weighted by molar-refractivity contribution is 0.655. The third-order valence-corrected chi connectivity index (χ3v) is 5.29. The molecule has 0 N–H and O–H groups in total. The van der Waals surface area contributed by atoms with Gasteiger partial charge in [0.15, 0.2) is 0 Å². The molecule has 0 atom stereocenters. The Morgan fingerprint density at radius 1 is 0.750 bits per heavy atom. The number of hydrogen-bond acceptors (Lipinski definition) is 3.